The molecule has 0 aliphatic carbocycles. The molecule has 2 aliphatic heterocycles. The summed E-state index contributed by atoms with van der Waals surface area (Å²) in [6, 6.07) is 16.2. The monoisotopic (exact) mass is 420 g/mol. The third-order valence-electron chi connectivity index (χ3n) is 5.84. The Morgan fingerprint density at radius 2 is 1.71 bits per heavy atom. The Hall–Kier alpha value is -1.89. The topological polar surface area (TPSA) is 66.5 Å². The first kappa shape index (κ1) is 20.8. The number of carbonyl (C=O) groups is 1. The van der Waals surface area contributed by atoms with Gasteiger partial charge in [-0.15, -0.1) is 12.4 Å². The Labute approximate surface area is 172 Å². The zero-order chi connectivity index (χ0) is 19.1. The second-order valence-corrected chi connectivity index (χ2v) is 9.76. The highest BCUT2D eigenvalue weighted by Crippen LogP contribution is 2.37. The molecule has 0 radical (unpaired) electrons. The number of fused-ring (bicyclic) bond motifs is 1. The second kappa shape index (κ2) is 7.85. The van der Waals surface area contributed by atoms with E-state index in [0.717, 1.165) is 28.8 Å². The lowest BCUT2D eigenvalue weighted by Crippen LogP contribution is -2.58. The summed E-state index contributed by atoms with van der Waals surface area (Å²) in [5.41, 5.74) is 4.20. The van der Waals surface area contributed by atoms with E-state index in [1.54, 1.807) is 4.90 Å². The van der Waals surface area contributed by atoms with Gasteiger partial charge in [-0.1, -0.05) is 36.4 Å². The molecule has 0 atom stereocenters. The second-order valence-electron chi connectivity index (χ2n) is 7.43. The smallest absolute Gasteiger partial charge is 0.248 e. The van der Waals surface area contributed by atoms with Crippen molar-refractivity contribution in [1.82, 2.24) is 5.32 Å². The summed E-state index contributed by atoms with van der Waals surface area (Å²) < 4.78 is 23.9. The molecule has 2 aliphatic rings. The SMILES string of the molecule is CS(=O)(=O)C1(C(=O)N2CCc3cc(-c4ccccc4)ccc32)CCNCC1.Cl. The van der Waals surface area contributed by atoms with Gasteiger partial charge < -0.3 is 10.2 Å². The average Bonchev–Trinajstić information content (AvgIpc) is 3.11. The molecule has 0 aromatic heterocycles. The van der Waals surface area contributed by atoms with Crippen LogP contribution < -0.4 is 10.2 Å². The number of piperidine rings is 1. The van der Waals surface area contributed by atoms with Gasteiger partial charge in [0.15, 0.2) is 14.6 Å². The van der Waals surface area contributed by atoms with E-state index in [4.69, 9.17) is 0 Å². The van der Waals surface area contributed by atoms with Gasteiger partial charge in [0.05, 0.1) is 0 Å². The van der Waals surface area contributed by atoms with Crippen molar-refractivity contribution in [3.63, 3.8) is 0 Å². The van der Waals surface area contributed by atoms with Crippen LogP contribution in [0.1, 0.15) is 18.4 Å². The number of hydrogen-bond acceptors (Lipinski definition) is 4. The molecule has 1 N–H and O–H groups in total. The largest absolute Gasteiger partial charge is 0.317 e. The molecular weight excluding hydrogens is 396 g/mol. The lowest BCUT2D eigenvalue weighted by atomic mass is 9.95. The highest BCUT2D eigenvalue weighted by Gasteiger charge is 2.51. The van der Waals surface area contributed by atoms with E-state index in [-0.39, 0.29) is 18.3 Å². The Morgan fingerprint density at radius 1 is 1.04 bits per heavy atom. The molecule has 2 aromatic rings. The minimum Gasteiger partial charge on any atom is -0.317 e. The lowest BCUT2D eigenvalue weighted by molar-refractivity contribution is -0.121. The molecule has 0 unspecified atom stereocenters. The van der Waals surface area contributed by atoms with Gasteiger partial charge in [0.2, 0.25) is 5.91 Å². The number of nitrogens with zero attached hydrogens (tertiary/aromatic N) is 1. The van der Waals surface area contributed by atoms with Crippen LogP contribution in [0.15, 0.2) is 48.5 Å². The van der Waals surface area contributed by atoms with E-state index in [2.05, 4.69) is 23.5 Å². The van der Waals surface area contributed by atoms with Crippen molar-refractivity contribution >= 4 is 33.8 Å². The van der Waals surface area contributed by atoms with Crippen molar-refractivity contribution in [1.29, 1.82) is 0 Å². The standard InChI is InChI=1S/C21H24N2O3S.ClH/c1-27(25,26)21(10-12-22-13-11-21)20(24)23-14-9-18-15-17(7-8-19(18)23)16-5-3-2-4-6-16;/h2-8,15,22H,9-14H2,1H3;1H. The molecule has 0 spiro atoms. The molecule has 0 saturated carbocycles. The van der Waals surface area contributed by atoms with E-state index < -0.39 is 14.6 Å². The van der Waals surface area contributed by atoms with Gasteiger partial charge in [-0.2, -0.15) is 0 Å². The molecule has 2 heterocycles. The Bertz CT molecular complexity index is 970. The fourth-order valence-electron chi connectivity index (χ4n) is 4.24. The van der Waals surface area contributed by atoms with E-state index in [1.165, 1.54) is 6.26 Å². The minimum absolute atomic E-state index is 0. The van der Waals surface area contributed by atoms with Gasteiger partial charge in [-0.3, -0.25) is 4.79 Å². The first-order valence-electron chi connectivity index (χ1n) is 9.33. The third kappa shape index (κ3) is 3.45. The zero-order valence-corrected chi connectivity index (χ0v) is 17.5. The predicted molar refractivity (Wildman–Crippen MR) is 115 cm³/mol. The molecule has 150 valence electrons. The van der Waals surface area contributed by atoms with E-state index in [1.807, 2.05) is 30.3 Å². The van der Waals surface area contributed by atoms with Crippen LogP contribution in [0, 0.1) is 0 Å². The Kier molecular flexibility index (Phi) is 5.84. The molecule has 0 bridgehead atoms. The van der Waals surface area contributed by atoms with Crippen LogP contribution in [-0.4, -0.2) is 45.0 Å². The third-order valence-corrected chi connectivity index (χ3v) is 7.84. The van der Waals surface area contributed by atoms with Gasteiger partial charge in [-0.25, -0.2) is 8.42 Å². The van der Waals surface area contributed by atoms with Gasteiger partial charge in [0.25, 0.3) is 0 Å². The lowest BCUT2D eigenvalue weighted by Gasteiger charge is -2.37. The normalized spacial score (nSPS) is 18.2. The van der Waals surface area contributed by atoms with Crippen LogP contribution in [0.3, 0.4) is 0 Å². The molecule has 7 heteroatoms. The van der Waals surface area contributed by atoms with E-state index in [0.29, 0.717) is 32.5 Å². The van der Waals surface area contributed by atoms with Crippen LogP contribution in [0.25, 0.3) is 11.1 Å². The highest BCUT2D eigenvalue weighted by molar-refractivity contribution is 7.92. The summed E-state index contributed by atoms with van der Waals surface area (Å²) >= 11 is 0. The number of anilines is 1. The molecule has 1 fully saturated rings. The van der Waals surface area contributed by atoms with Crippen LogP contribution >= 0.6 is 12.4 Å². The molecule has 1 saturated heterocycles. The number of halogens is 1. The van der Waals surface area contributed by atoms with E-state index >= 15 is 0 Å². The molecular formula is C21H25ClN2O3S. The summed E-state index contributed by atoms with van der Waals surface area (Å²) in [7, 11) is -3.51. The number of carbonyl (C=O) groups excluding carboxylic acids is 1. The first-order valence-corrected chi connectivity index (χ1v) is 11.2. The van der Waals surface area contributed by atoms with Crippen LogP contribution in [0.2, 0.25) is 0 Å². The molecule has 5 nitrogen and oxygen atoms in total. The molecule has 28 heavy (non-hydrogen) atoms. The van der Waals surface area contributed by atoms with Gasteiger partial charge in [0.1, 0.15) is 0 Å². The van der Waals surface area contributed by atoms with Crippen LogP contribution in [0.4, 0.5) is 5.69 Å². The summed E-state index contributed by atoms with van der Waals surface area (Å²) in [4.78, 5) is 15.1. The number of benzene rings is 2. The van der Waals surface area contributed by atoms with Crippen LogP contribution in [-0.2, 0) is 21.1 Å². The average molecular weight is 421 g/mol. The number of amides is 1. The Morgan fingerprint density at radius 3 is 2.36 bits per heavy atom. The number of nitrogens with one attached hydrogen (secondary N) is 1. The van der Waals surface area contributed by atoms with E-state index in [9.17, 15) is 13.2 Å². The Balaban J connectivity index is 0.00000225. The van der Waals surface area contributed by atoms with Crippen molar-refractivity contribution in [2.75, 3.05) is 30.8 Å². The maximum atomic E-state index is 13.4. The van der Waals surface area contributed by atoms with Crippen molar-refractivity contribution in [3.05, 3.63) is 54.1 Å². The summed E-state index contributed by atoms with van der Waals surface area (Å²) in [6.07, 6.45) is 2.61. The fourth-order valence-corrected chi connectivity index (χ4v) is 5.62. The molecule has 1 amide bonds. The fraction of sp³-hybridized carbons (Fsp3) is 0.381. The van der Waals surface area contributed by atoms with Crippen molar-refractivity contribution in [2.24, 2.45) is 0 Å². The van der Waals surface area contributed by atoms with Crippen molar-refractivity contribution in [2.45, 2.75) is 24.0 Å². The quantitative estimate of drug-likeness (QED) is 0.829. The number of sulfone groups is 1. The summed E-state index contributed by atoms with van der Waals surface area (Å²) in [6.45, 7) is 1.63. The predicted octanol–water partition coefficient (Wildman–Crippen LogP) is 2.83. The van der Waals surface area contributed by atoms with Gasteiger partial charge in [-0.05, 0) is 61.2 Å². The minimum atomic E-state index is -3.51. The van der Waals surface area contributed by atoms with Gasteiger partial charge in [0, 0.05) is 18.5 Å². The maximum absolute atomic E-state index is 13.4. The van der Waals surface area contributed by atoms with Crippen molar-refractivity contribution in [3.8, 4) is 11.1 Å². The highest BCUT2D eigenvalue weighted by atomic mass is 35.5. The van der Waals surface area contributed by atoms with Crippen molar-refractivity contribution < 1.29 is 13.2 Å². The molecule has 4 rings (SSSR count). The number of rotatable bonds is 3. The van der Waals surface area contributed by atoms with Crippen LogP contribution in [0.5, 0.6) is 0 Å². The number of hydrogen-bond donors (Lipinski definition) is 1. The summed E-state index contributed by atoms with van der Waals surface area (Å²) in [5.74, 6) is -0.266. The zero-order valence-electron chi connectivity index (χ0n) is 15.8. The maximum Gasteiger partial charge on any atom is 0.248 e. The molecule has 2 aromatic carbocycles. The van der Waals surface area contributed by atoms with Gasteiger partial charge >= 0.3 is 0 Å². The summed E-state index contributed by atoms with van der Waals surface area (Å²) in [5, 5.41) is 3.17. The first-order chi connectivity index (χ1) is 12.9.